The minimum atomic E-state index is -3.39. The lowest BCUT2D eigenvalue weighted by Crippen LogP contribution is -2.39. The largest absolute Gasteiger partial charge is 0.464 e. The summed E-state index contributed by atoms with van der Waals surface area (Å²) in [6.07, 6.45) is 4.75. The number of alkyl halides is 2. The van der Waals surface area contributed by atoms with Crippen LogP contribution in [0.25, 0.3) is 33.3 Å². The van der Waals surface area contributed by atoms with Gasteiger partial charge in [-0.3, -0.25) is 38.8 Å². The molecule has 268 valence electrons. The third-order valence-electron chi connectivity index (χ3n) is 9.58. The van der Waals surface area contributed by atoms with Crippen LogP contribution in [0.3, 0.4) is 0 Å². The van der Waals surface area contributed by atoms with Gasteiger partial charge in [0.05, 0.1) is 35.5 Å². The monoisotopic (exact) mass is 716 g/mol. The molecule has 3 amide bonds. The van der Waals surface area contributed by atoms with Crippen LogP contribution in [0.2, 0.25) is 0 Å². The first-order valence-electron chi connectivity index (χ1n) is 17.0. The van der Waals surface area contributed by atoms with E-state index in [2.05, 4.69) is 32.4 Å². The molecule has 7 rings (SSSR count). The Hall–Kier alpha value is -6.42. The number of piperidine rings is 1. The van der Waals surface area contributed by atoms with Crippen LogP contribution in [0.15, 0.2) is 82.5 Å². The number of halogens is 2. The number of benzene rings is 2. The number of fused-ring (bicyclic) bond motifs is 2. The number of hydrogen-bond donors (Lipinski definition) is 2. The molecule has 13 heteroatoms. The van der Waals surface area contributed by atoms with E-state index < -0.39 is 17.7 Å². The van der Waals surface area contributed by atoms with Crippen molar-refractivity contribution < 1.29 is 27.6 Å². The highest BCUT2D eigenvalue weighted by Crippen LogP contribution is 2.39. The zero-order valence-corrected chi connectivity index (χ0v) is 29.3. The summed E-state index contributed by atoms with van der Waals surface area (Å²) in [4.78, 5) is 57.8. The number of aromatic nitrogens is 4. The molecule has 1 atom stereocenters. The Bertz CT molecular complexity index is 2550. The van der Waals surface area contributed by atoms with Gasteiger partial charge in [-0.2, -0.15) is 8.78 Å². The number of carbonyl (C=O) groups excluding carboxylic acids is 3. The van der Waals surface area contributed by atoms with E-state index in [4.69, 9.17) is 4.42 Å². The number of imidazole rings is 1. The van der Waals surface area contributed by atoms with E-state index in [-0.39, 0.29) is 53.2 Å². The Morgan fingerprint density at radius 2 is 1.83 bits per heavy atom. The lowest BCUT2D eigenvalue weighted by Gasteiger charge is -2.20. The molecule has 0 spiro atoms. The Balaban J connectivity index is 1.01. The summed E-state index contributed by atoms with van der Waals surface area (Å²) in [6.45, 7) is 3.83. The van der Waals surface area contributed by atoms with E-state index in [0.29, 0.717) is 51.0 Å². The van der Waals surface area contributed by atoms with Crippen molar-refractivity contribution in [2.24, 2.45) is 14.1 Å². The van der Waals surface area contributed by atoms with Crippen LogP contribution in [0.1, 0.15) is 76.8 Å². The van der Waals surface area contributed by atoms with E-state index in [9.17, 15) is 19.2 Å². The molecule has 1 unspecified atom stereocenters. The molecule has 6 aromatic rings. The number of aryl methyl sites for hydroxylation is 2. The molecule has 0 bridgehead atoms. The van der Waals surface area contributed by atoms with Crippen LogP contribution in [-0.2, 0) is 29.6 Å². The standard InChI is InChI=1S/C40H34F2N6O5/c1-22(2)28-17-26(18-33-36(28)48(4)39(52)47(33)3)40(41,42)25-9-12-31(45-20-25)24-8-11-32(44-19-24)38(51)43-15-5-6-23-7-13-34-29(16-23)30(21-53-34)27-10-14-35(49)46-37(27)50/h7-9,11-13,16-22,27H,10,14-15H2,1-4H3,(H,43,51)(H,46,49,50). The summed E-state index contributed by atoms with van der Waals surface area (Å²) < 4.78 is 40.3. The maximum atomic E-state index is 15.9. The Morgan fingerprint density at radius 3 is 2.53 bits per heavy atom. The zero-order valence-electron chi connectivity index (χ0n) is 29.3. The van der Waals surface area contributed by atoms with Crippen LogP contribution >= 0.6 is 0 Å². The van der Waals surface area contributed by atoms with Crippen molar-refractivity contribution in [1.82, 2.24) is 29.7 Å². The van der Waals surface area contributed by atoms with Gasteiger partial charge in [-0.25, -0.2) is 4.79 Å². The van der Waals surface area contributed by atoms with Gasteiger partial charge in [0, 0.05) is 66.1 Å². The molecular formula is C40H34F2N6O5. The number of rotatable bonds is 7. The summed E-state index contributed by atoms with van der Waals surface area (Å²) in [5, 5.41) is 5.81. The molecule has 5 heterocycles. The molecule has 0 aliphatic carbocycles. The molecule has 0 radical (unpaired) electrons. The summed E-state index contributed by atoms with van der Waals surface area (Å²) in [6, 6.07) is 14.1. The van der Waals surface area contributed by atoms with E-state index in [1.54, 1.807) is 32.3 Å². The van der Waals surface area contributed by atoms with Gasteiger partial charge in [-0.05, 0) is 72.5 Å². The van der Waals surface area contributed by atoms with E-state index in [1.165, 1.54) is 51.9 Å². The second-order valence-electron chi connectivity index (χ2n) is 13.3. The molecule has 1 aliphatic rings. The van der Waals surface area contributed by atoms with Crippen molar-refractivity contribution in [3.8, 4) is 23.1 Å². The predicted octanol–water partition coefficient (Wildman–Crippen LogP) is 5.65. The normalized spacial score (nSPS) is 14.7. The molecular weight excluding hydrogens is 682 g/mol. The highest BCUT2D eigenvalue weighted by Gasteiger charge is 2.36. The number of carbonyl (C=O) groups is 3. The molecule has 53 heavy (non-hydrogen) atoms. The number of imide groups is 1. The summed E-state index contributed by atoms with van der Waals surface area (Å²) in [5.74, 6) is 0.842. The second-order valence-corrected chi connectivity index (χ2v) is 13.3. The van der Waals surface area contributed by atoms with Gasteiger partial charge in [-0.15, -0.1) is 0 Å². The first-order valence-corrected chi connectivity index (χ1v) is 17.0. The number of nitrogens with zero attached hydrogens (tertiary/aromatic N) is 4. The predicted molar refractivity (Wildman–Crippen MR) is 193 cm³/mol. The van der Waals surface area contributed by atoms with Crippen molar-refractivity contribution in [3.63, 3.8) is 0 Å². The molecule has 1 saturated heterocycles. The Morgan fingerprint density at radius 1 is 1.02 bits per heavy atom. The fraction of sp³-hybridized carbons (Fsp3) is 0.250. The first kappa shape index (κ1) is 35.0. The molecule has 1 fully saturated rings. The smallest absolute Gasteiger partial charge is 0.328 e. The molecule has 2 aromatic carbocycles. The number of hydrogen-bond acceptors (Lipinski definition) is 7. The van der Waals surface area contributed by atoms with E-state index in [0.717, 1.165) is 11.6 Å². The van der Waals surface area contributed by atoms with Gasteiger partial charge in [0.25, 0.3) is 11.8 Å². The number of pyridine rings is 2. The van der Waals surface area contributed by atoms with Crippen LogP contribution in [-0.4, -0.2) is 43.4 Å². The second kappa shape index (κ2) is 13.6. The molecule has 11 nitrogen and oxygen atoms in total. The van der Waals surface area contributed by atoms with Crippen molar-refractivity contribution in [3.05, 3.63) is 117 Å². The minimum absolute atomic E-state index is 0.0368. The summed E-state index contributed by atoms with van der Waals surface area (Å²) in [5.41, 5.74) is 3.90. The van der Waals surface area contributed by atoms with Crippen molar-refractivity contribution in [2.75, 3.05) is 6.54 Å². The third kappa shape index (κ3) is 6.48. The molecule has 4 aromatic heterocycles. The van der Waals surface area contributed by atoms with E-state index in [1.807, 2.05) is 19.9 Å². The maximum absolute atomic E-state index is 15.9. The number of nitrogens with one attached hydrogen (secondary N) is 2. The number of amides is 3. The highest BCUT2D eigenvalue weighted by molar-refractivity contribution is 6.02. The summed E-state index contributed by atoms with van der Waals surface area (Å²) >= 11 is 0. The van der Waals surface area contributed by atoms with Crippen molar-refractivity contribution >= 4 is 39.7 Å². The molecule has 1 aliphatic heterocycles. The van der Waals surface area contributed by atoms with Gasteiger partial charge in [0.15, 0.2) is 0 Å². The lowest BCUT2D eigenvalue weighted by atomic mass is 9.90. The van der Waals surface area contributed by atoms with Crippen LogP contribution in [0, 0.1) is 11.8 Å². The van der Waals surface area contributed by atoms with Gasteiger partial charge in [0.1, 0.15) is 11.3 Å². The van der Waals surface area contributed by atoms with Gasteiger partial charge >= 0.3 is 5.69 Å². The fourth-order valence-electron chi connectivity index (χ4n) is 6.65. The van der Waals surface area contributed by atoms with Crippen molar-refractivity contribution in [2.45, 2.75) is 44.4 Å². The highest BCUT2D eigenvalue weighted by atomic mass is 19.3. The molecule has 0 saturated carbocycles. The van der Waals surface area contributed by atoms with Gasteiger partial charge in [0.2, 0.25) is 11.8 Å². The zero-order chi connectivity index (χ0) is 37.6. The van der Waals surface area contributed by atoms with Gasteiger partial charge < -0.3 is 9.73 Å². The van der Waals surface area contributed by atoms with Crippen LogP contribution < -0.4 is 16.3 Å². The fourth-order valence-corrected chi connectivity index (χ4v) is 6.65. The average molecular weight is 717 g/mol. The lowest BCUT2D eigenvalue weighted by molar-refractivity contribution is -0.134. The topological polar surface area (TPSA) is 141 Å². The Kier molecular flexibility index (Phi) is 8.99. The van der Waals surface area contributed by atoms with Gasteiger partial charge in [-0.1, -0.05) is 25.7 Å². The summed E-state index contributed by atoms with van der Waals surface area (Å²) in [7, 11) is 3.20. The SMILES string of the molecule is CC(C)c1cc(C(F)(F)c2ccc(-c3ccc(C(=O)NCC#Cc4ccc5occ(C6CCC(=O)NC6=O)c5c4)nc3)nc2)cc2c1n(C)c(=O)n2C. The van der Waals surface area contributed by atoms with Crippen LogP contribution in [0.5, 0.6) is 0 Å². The first-order chi connectivity index (χ1) is 25.3. The quantitative estimate of drug-likeness (QED) is 0.161. The minimum Gasteiger partial charge on any atom is -0.464 e. The maximum Gasteiger partial charge on any atom is 0.328 e. The number of furan rings is 1. The van der Waals surface area contributed by atoms with E-state index >= 15 is 8.78 Å². The molecule has 2 N–H and O–H groups in total. The Labute approximate surface area is 302 Å². The average Bonchev–Trinajstić information content (AvgIpc) is 3.66. The van der Waals surface area contributed by atoms with Crippen molar-refractivity contribution in [1.29, 1.82) is 0 Å². The third-order valence-corrected chi connectivity index (χ3v) is 9.58. The van der Waals surface area contributed by atoms with Crippen LogP contribution in [0.4, 0.5) is 8.78 Å².